The first kappa shape index (κ1) is 14.9. The zero-order valence-corrected chi connectivity index (χ0v) is 12.6. The van der Waals surface area contributed by atoms with Crippen molar-refractivity contribution in [3.63, 3.8) is 0 Å². The lowest BCUT2D eigenvalue weighted by molar-refractivity contribution is 0.0940. The van der Waals surface area contributed by atoms with E-state index in [1.54, 1.807) is 12.1 Å². The van der Waals surface area contributed by atoms with Crippen LogP contribution in [0.2, 0.25) is 5.02 Å². The Morgan fingerprint density at radius 1 is 1.10 bits per heavy atom. The van der Waals surface area contributed by atoms with Crippen molar-refractivity contribution in [1.82, 2.24) is 5.32 Å². The molecule has 0 aliphatic carbocycles. The van der Waals surface area contributed by atoms with E-state index < -0.39 is 0 Å². The molecule has 0 radical (unpaired) electrons. The van der Waals surface area contributed by atoms with E-state index in [0.29, 0.717) is 16.5 Å². The molecule has 2 nitrogen and oxygen atoms in total. The highest BCUT2D eigenvalue weighted by Gasteiger charge is 2.11. The summed E-state index contributed by atoms with van der Waals surface area (Å²) in [5, 5.41) is 3.64. The standard InChI is InChI=1S/C16H15Cl2NO/c1-11(13-6-8-15(18)9-7-13)19-16(20)14-4-2-12(10-17)3-5-14/h2-9,11H,10H2,1H3,(H,19,20)/t11-/m1/s1. The fourth-order valence-electron chi connectivity index (χ4n) is 1.86. The minimum absolute atomic E-state index is 0.0764. The molecule has 0 aliphatic heterocycles. The average molecular weight is 308 g/mol. The number of rotatable bonds is 4. The minimum atomic E-state index is -0.103. The first-order valence-electron chi connectivity index (χ1n) is 6.31. The van der Waals surface area contributed by atoms with Crippen LogP contribution in [0.3, 0.4) is 0 Å². The molecule has 104 valence electrons. The number of carbonyl (C=O) groups is 1. The highest BCUT2D eigenvalue weighted by molar-refractivity contribution is 6.30. The van der Waals surface area contributed by atoms with Crippen LogP contribution in [-0.4, -0.2) is 5.91 Å². The zero-order chi connectivity index (χ0) is 14.5. The van der Waals surface area contributed by atoms with Gasteiger partial charge in [-0.15, -0.1) is 11.6 Å². The van der Waals surface area contributed by atoms with Crippen LogP contribution in [0.5, 0.6) is 0 Å². The zero-order valence-electron chi connectivity index (χ0n) is 11.1. The van der Waals surface area contributed by atoms with Crippen LogP contribution in [0.25, 0.3) is 0 Å². The second-order valence-corrected chi connectivity index (χ2v) is 5.28. The summed E-state index contributed by atoms with van der Waals surface area (Å²) < 4.78 is 0. The Morgan fingerprint density at radius 2 is 1.70 bits per heavy atom. The van der Waals surface area contributed by atoms with Crippen molar-refractivity contribution in [3.8, 4) is 0 Å². The number of hydrogen-bond donors (Lipinski definition) is 1. The lowest BCUT2D eigenvalue weighted by atomic mass is 10.1. The third-order valence-corrected chi connectivity index (χ3v) is 3.65. The van der Waals surface area contributed by atoms with E-state index in [9.17, 15) is 4.79 Å². The Morgan fingerprint density at radius 3 is 2.25 bits per heavy atom. The Hall–Kier alpha value is -1.51. The van der Waals surface area contributed by atoms with Crippen molar-refractivity contribution >= 4 is 29.1 Å². The third-order valence-electron chi connectivity index (χ3n) is 3.09. The maximum atomic E-state index is 12.1. The molecule has 0 saturated carbocycles. The third kappa shape index (κ3) is 3.75. The molecule has 0 fully saturated rings. The summed E-state index contributed by atoms with van der Waals surface area (Å²) >= 11 is 11.6. The molecular formula is C16H15Cl2NO. The predicted octanol–water partition coefficient (Wildman–Crippen LogP) is 4.57. The maximum Gasteiger partial charge on any atom is 0.251 e. The molecule has 0 unspecified atom stereocenters. The maximum absolute atomic E-state index is 12.1. The fraction of sp³-hybridized carbons (Fsp3) is 0.188. The van der Waals surface area contributed by atoms with Crippen molar-refractivity contribution in [1.29, 1.82) is 0 Å². The number of nitrogens with one attached hydrogen (secondary N) is 1. The van der Waals surface area contributed by atoms with Gasteiger partial charge in [0.1, 0.15) is 0 Å². The van der Waals surface area contributed by atoms with Gasteiger partial charge in [0.15, 0.2) is 0 Å². The van der Waals surface area contributed by atoms with E-state index in [0.717, 1.165) is 11.1 Å². The van der Waals surface area contributed by atoms with E-state index >= 15 is 0 Å². The van der Waals surface area contributed by atoms with Crippen molar-refractivity contribution in [2.45, 2.75) is 18.8 Å². The van der Waals surface area contributed by atoms with Gasteiger partial charge in [0.05, 0.1) is 6.04 Å². The van der Waals surface area contributed by atoms with E-state index in [1.807, 2.05) is 43.3 Å². The van der Waals surface area contributed by atoms with E-state index in [1.165, 1.54) is 0 Å². The molecule has 0 spiro atoms. The molecule has 1 atom stereocenters. The van der Waals surface area contributed by atoms with Gasteiger partial charge in [-0.25, -0.2) is 0 Å². The van der Waals surface area contributed by atoms with Gasteiger partial charge in [0, 0.05) is 16.5 Å². The summed E-state index contributed by atoms with van der Waals surface area (Å²) in [4.78, 5) is 12.1. The van der Waals surface area contributed by atoms with Crippen LogP contribution in [0, 0.1) is 0 Å². The van der Waals surface area contributed by atoms with Crippen LogP contribution >= 0.6 is 23.2 Å². The first-order valence-corrected chi connectivity index (χ1v) is 7.22. The highest BCUT2D eigenvalue weighted by atomic mass is 35.5. The first-order chi connectivity index (χ1) is 9.60. The lowest BCUT2D eigenvalue weighted by Crippen LogP contribution is -2.26. The van der Waals surface area contributed by atoms with Crippen molar-refractivity contribution in [3.05, 3.63) is 70.2 Å². The quantitative estimate of drug-likeness (QED) is 0.824. The van der Waals surface area contributed by atoms with Gasteiger partial charge < -0.3 is 5.32 Å². The van der Waals surface area contributed by atoms with Crippen LogP contribution in [-0.2, 0) is 5.88 Å². The molecule has 2 aromatic carbocycles. The normalized spacial score (nSPS) is 11.9. The second-order valence-electron chi connectivity index (χ2n) is 4.58. The van der Waals surface area contributed by atoms with Crippen LogP contribution < -0.4 is 5.32 Å². The lowest BCUT2D eigenvalue weighted by Gasteiger charge is -2.14. The summed E-state index contributed by atoms with van der Waals surface area (Å²) in [7, 11) is 0. The largest absolute Gasteiger partial charge is 0.346 e. The Kier molecular flexibility index (Phi) is 5.05. The Balaban J connectivity index is 2.04. The molecule has 0 heterocycles. The molecule has 1 N–H and O–H groups in total. The molecule has 4 heteroatoms. The summed E-state index contributed by atoms with van der Waals surface area (Å²) in [6.45, 7) is 1.94. The Bertz CT molecular complexity index is 578. The number of hydrogen-bond acceptors (Lipinski definition) is 1. The number of benzene rings is 2. The number of halogens is 2. The van der Waals surface area contributed by atoms with Gasteiger partial charge >= 0.3 is 0 Å². The van der Waals surface area contributed by atoms with Gasteiger partial charge in [0.25, 0.3) is 5.91 Å². The smallest absolute Gasteiger partial charge is 0.251 e. The molecule has 2 rings (SSSR count). The van der Waals surface area contributed by atoms with Gasteiger partial charge in [0.2, 0.25) is 0 Å². The second kappa shape index (κ2) is 6.78. The number of alkyl halides is 1. The summed E-state index contributed by atoms with van der Waals surface area (Å²) in [5.74, 6) is 0.344. The predicted molar refractivity (Wildman–Crippen MR) is 83.3 cm³/mol. The van der Waals surface area contributed by atoms with Crippen LogP contribution in [0.1, 0.15) is 34.5 Å². The van der Waals surface area contributed by atoms with Gasteiger partial charge in [-0.2, -0.15) is 0 Å². The van der Waals surface area contributed by atoms with E-state index in [4.69, 9.17) is 23.2 Å². The molecule has 2 aromatic rings. The fourth-order valence-corrected chi connectivity index (χ4v) is 2.16. The molecule has 0 aliphatic rings. The molecule has 1 amide bonds. The van der Waals surface area contributed by atoms with Gasteiger partial charge in [-0.3, -0.25) is 4.79 Å². The topological polar surface area (TPSA) is 29.1 Å². The van der Waals surface area contributed by atoms with Crippen LogP contribution in [0.4, 0.5) is 0 Å². The molecular weight excluding hydrogens is 293 g/mol. The van der Waals surface area contributed by atoms with Gasteiger partial charge in [-0.1, -0.05) is 35.9 Å². The van der Waals surface area contributed by atoms with Gasteiger partial charge in [-0.05, 0) is 42.3 Å². The molecule has 20 heavy (non-hydrogen) atoms. The van der Waals surface area contributed by atoms with Crippen molar-refractivity contribution < 1.29 is 4.79 Å². The monoisotopic (exact) mass is 307 g/mol. The summed E-state index contributed by atoms with van der Waals surface area (Å²) in [5.41, 5.74) is 2.63. The number of amides is 1. The summed E-state index contributed by atoms with van der Waals surface area (Å²) in [6.07, 6.45) is 0. The van der Waals surface area contributed by atoms with E-state index in [2.05, 4.69) is 5.32 Å². The number of carbonyl (C=O) groups excluding carboxylic acids is 1. The summed E-state index contributed by atoms with van der Waals surface area (Å²) in [6, 6.07) is 14.6. The minimum Gasteiger partial charge on any atom is -0.346 e. The molecule has 0 saturated heterocycles. The van der Waals surface area contributed by atoms with Crippen molar-refractivity contribution in [2.24, 2.45) is 0 Å². The Labute approximate surface area is 128 Å². The molecule has 0 bridgehead atoms. The SMILES string of the molecule is C[C@@H](NC(=O)c1ccc(CCl)cc1)c1ccc(Cl)cc1. The van der Waals surface area contributed by atoms with Crippen LogP contribution in [0.15, 0.2) is 48.5 Å². The molecule has 0 aromatic heterocycles. The average Bonchev–Trinajstić information content (AvgIpc) is 2.48. The highest BCUT2D eigenvalue weighted by Crippen LogP contribution is 2.16. The van der Waals surface area contributed by atoms with Crippen molar-refractivity contribution in [2.75, 3.05) is 0 Å². The van der Waals surface area contributed by atoms with E-state index in [-0.39, 0.29) is 11.9 Å².